The molecule has 0 unspecified atom stereocenters. The molecule has 7 nitrogen and oxygen atoms in total. The zero-order valence-electron chi connectivity index (χ0n) is 17.6. The monoisotopic (exact) mass is 409 g/mol. The van der Waals surface area contributed by atoms with E-state index in [1.54, 1.807) is 11.9 Å². The summed E-state index contributed by atoms with van der Waals surface area (Å²) < 4.78 is 4.94. The van der Waals surface area contributed by atoms with Crippen LogP contribution in [0.4, 0.5) is 5.00 Å². The maximum Gasteiger partial charge on any atom is 0.341 e. The molecule has 0 fully saturated rings. The molecule has 1 heterocycles. The topological polar surface area (TPSA) is 87.7 Å². The number of hydrogen-bond donors (Lipinski definition) is 2. The van der Waals surface area contributed by atoms with Crippen LogP contribution in [0.3, 0.4) is 0 Å². The zero-order valence-corrected chi connectivity index (χ0v) is 18.4. The minimum Gasteiger partial charge on any atom is -0.465 e. The molecule has 0 saturated carbocycles. The Balaban J connectivity index is 2.05. The molecule has 0 aromatic carbocycles. The van der Waals surface area contributed by atoms with Crippen molar-refractivity contribution in [2.45, 2.75) is 52.5 Å². The molecule has 1 aliphatic carbocycles. The quantitative estimate of drug-likeness (QED) is 0.705. The molecule has 1 atom stereocenters. The van der Waals surface area contributed by atoms with E-state index in [0.29, 0.717) is 16.5 Å². The minimum atomic E-state index is -0.416. The van der Waals surface area contributed by atoms with E-state index in [9.17, 15) is 14.4 Å². The maximum absolute atomic E-state index is 12.5. The number of carbonyl (C=O) groups is 3. The molecule has 1 aliphatic rings. The summed E-state index contributed by atoms with van der Waals surface area (Å²) in [5, 5.41) is 6.27. The number of hydrogen-bond acceptors (Lipinski definition) is 6. The van der Waals surface area contributed by atoms with Crippen LogP contribution in [0.25, 0.3) is 0 Å². The van der Waals surface area contributed by atoms with Crippen molar-refractivity contribution in [2.75, 3.05) is 32.6 Å². The summed E-state index contributed by atoms with van der Waals surface area (Å²) in [5.74, 6) is -0.255. The maximum atomic E-state index is 12.5. The van der Waals surface area contributed by atoms with Crippen LogP contribution in [-0.2, 0) is 27.2 Å². The van der Waals surface area contributed by atoms with Crippen LogP contribution in [0.2, 0.25) is 0 Å². The lowest BCUT2D eigenvalue weighted by Gasteiger charge is -2.23. The molecule has 0 radical (unpaired) electrons. The molecule has 8 heteroatoms. The fourth-order valence-electron chi connectivity index (χ4n) is 3.33. The SMILES string of the molecule is COC(=O)c1c(NC(=O)CN(C)CC(=O)NC(C)(C)C)sc2c1CC[C@H](C)C2. The van der Waals surface area contributed by atoms with Crippen LogP contribution >= 0.6 is 11.3 Å². The number of nitrogens with one attached hydrogen (secondary N) is 2. The number of carbonyl (C=O) groups excluding carboxylic acids is 3. The van der Waals surface area contributed by atoms with Gasteiger partial charge >= 0.3 is 5.97 Å². The van der Waals surface area contributed by atoms with Gasteiger partial charge in [0.25, 0.3) is 0 Å². The van der Waals surface area contributed by atoms with Crippen molar-refractivity contribution in [1.29, 1.82) is 0 Å². The molecule has 2 rings (SSSR count). The molecular formula is C20H31N3O4S. The van der Waals surface area contributed by atoms with E-state index in [1.807, 2.05) is 20.8 Å². The average molecular weight is 410 g/mol. The molecule has 1 aromatic rings. The number of amides is 2. The first-order valence-corrected chi connectivity index (χ1v) is 10.3. The highest BCUT2D eigenvalue weighted by molar-refractivity contribution is 7.17. The van der Waals surface area contributed by atoms with E-state index >= 15 is 0 Å². The van der Waals surface area contributed by atoms with Crippen molar-refractivity contribution >= 4 is 34.1 Å². The molecular weight excluding hydrogens is 378 g/mol. The minimum absolute atomic E-state index is 0.0527. The smallest absolute Gasteiger partial charge is 0.341 e. The number of methoxy groups -OCH3 is 1. The normalized spacial score (nSPS) is 16.5. The van der Waals surface area contributed by atoms with Crippen LogP contribution in [0.5, 0.6) is 0 Å². The van der Waals surface area contributed by atoms with Crippen molar-refractivity contribution in [2.24, 2.45) is 5.92 Å². The summed E-state index contributed by atoms with van der Waals surface area (Å²) in [5.41, 5.74) is 1.17. The van der Waals surface area contributed by atoms with Gasteiger partial charge in [-0.25, -0.2) is 4.79 Å². The summed E-state index contributed by atoms with van der Waals surface area (Å²) >= 11 is 1.46. The van der Waals surface area contributed by atoms with Crippen LogP contribution in [0.15, 0.2) is 0 Å². The predicted molar refractivity (Wildman–Crippen MR) is 111 cm³/mol. The van der Waals surface area contributed by atoms with Gasteiger partial charge in [-0.15, -0.1) is 11.3 Å². The molecule has 1 aromatic heterocycles. The van der Waals surface area contributed by atoms with Crippen molar-refractivity contribution in [1.82, 2.24) is 10.2 Å². The van der Waals surface area contributed by atoms with Gasteiger partial charge in [0.05, 0.1) is 25.8 Å². The highest BCUT2D eigenvalue weighted by atomic mass is 32.1. The Hall–Kier alpha value is -1.93. The van der Waals surface area contributed by atoms with Crippen molar-refractivity contribution in [3.05, 3.63) is 16.0 Å². The Morgan fingerprint density at radius 1 is 1.21 bits per heavy atom. The van der Waals surface area contributed by atoms with Crippen LogP contribution in [0, 0.1) is 5.92 Å². The van der Waals surface area contributed by atoms with Gasteiger partial charge < -0.3 is 15.4 Å². The summed E-state index contributed by atoms with van der Waals surface area (Å²) in [7, 11) is 3.06. The van der Waals surface area contributed by atoms with Gasteiger partial charge in [0.2, 0.25) is 11.8 Å². The van der Waals surface area contributed by atoms with E-state index in [-0.39, 0.29) is 30.4 Å². The summed E-state index contributed by atoms with van der Waals surface area (Å²) in [6.07, 6.45) is 2.75. The van der Waals surface area contributed by atoms with Crippen LogP contribution in [0.1, 0.15) is 54.9 Å². The van der Waals surface area contributed by atoms with Gasteiger partial charge in [-0.2, -0.15) is 0 Å². The number of esters is 1. The summed E-state index contributed by atoms with van der Waals surface area (Å²) in [6.45, 7) is 8.09. The highest BCUT2D eigenvalue weighted by Crippen LogP contribution is 2.40. The first-order chi connectivity index (χ1) is 13.0. The molecule has 0 spiro atoms. The number of likely N-dealkylation sites (N-methyl/N-ethyl adjacent to an activating group) is 1. The van der Waals surface area contributed by atoms with E-state index in [1.165, 1.54) is 18.4 Å². The number of fused-ring (bicyclic) bond motifs is 1. The van der Waals surface area contributed by atoms with E-state index < -0.39 is 5.97 Å². The first-order valence-electron chi connectivity index (χ1n) is 9.52. The Bertz CT molecular complexity index is 751. The van der Waals surface area contributed by atoms with E-state index in [0.717, 1.165) is 29.7 Å². The molecule has 0 aliphatic heterocycles. The Morgan fingerprint density at radius 2 is 1.86 bits per heavy atom. The Kier molecular flexibility index (Phi) is 7.22. The number of thiophene rings is 1. The number of rotatable bonds is 6. The molecule has 156 valence electrons. The number of ether oxygens (including phenoxy) is 1. The third-order valence-electron chi connectivity index (χ3n) is 4.50. The van der Waals surface area contributed by atoms with Crippen molar-refractivity contribution in [3.8, 4) is 0 Å². The van der Waals surface area contributed by atoms with Gasteiger partial charge in [0, 0.05) is 10.4 Å². The van der Waals surface area contributed by atoms with Crippen molar-refractivity contribution < 1.29 is 19.1 Å². The summed E-state index contributed by atoms with van der Waals surface area (Å²) in [6, 6.07) is 0. The molecule has 0 bridgehead atoms. The van der Waals surface area contributed by atoms with E-state index in [2.05, 4.69) is 17.6 Å². The van der Waals surface area contributed by atoms with Gasteiger partial charge in [-0.05, 0) is 58.6 Å². The van der Waals surface area contributed by atoms with Crippen molar-refractivity contribution in [3.63, 3.8) is 0 Å². The van der Waals surface area contributed by atoms with Gasteiger partial charge in [-0.1, -0.05) is 6.92 Å². The fourth-order valence-corrected chi connectivity index (χ4v) is 4.74. The Morgan fingerprint density at radius 3 is 2.46 bits per heavy atom. The lowest BCUT2D eigenvalue weighted by molar-refractivity contribution is -0.124. The van der Waals surface area contributed by atoms with Gasteiger partial charge in [0.15, 0.2) is 0 Å². The number of anilines is 1. The second-order valence-corrected chi connectivity index (χ2v) is 9.67. The van der Waals surface area contributed by atoms with Gasteiger partial charge in [0.1, 0.15) is 5.00 Å². The fraction of sp³-hybridized carbons (Fsp3) is 0.650. The summed E-state index contributed by atoms with van der Waals surface area (Å²) in [4.78, 5) is 39.6. The largest absolute Gasteiger partial charge is 0.465 e. The zero-order chi connectivity index (χ0) is 21.1. The lowest BCUT2D eigenvalue weighted by atomic mass is 9.88. The number of nitrogens with zero attached hydrogens (tertiary/aromatic N) is 1. The van der Waals surface area contributed by atoms with Crippen LogP contribution < -0.4 is 10.6 Å². The van der Waals surface area contributed by atoms with E-state index in [4.69, 9.17) is 4.74 Å². The third kappa shape index (κ3) is 6.04. The second-order valence-electron chi connectivity index (χ2n) is 8.57. The predicted octanol–water partition coefficient (Wildman–Crippen LogP) is 2.44. The standard InChI is InChI=1S/C20H31N3O4S/c1-12-7-8-13-14(9-12)28-18(17(13)19(26)27-6)21-15(24)10-23(5)11-16(25)22-20(2,3)4/h12H,7-11H2,1-6H3,(H,21,24)(H,22,25)/t12-/m0/s1. The molecule has 2 N–H and O–H groups in total. The average Bonchev–Trinajstić information content (AvgIpc) is 2.88. The molecule has 0 saturated heterocycles. The highest BCUT2D eigenvalue weighted by Gasteiger charge is 2.29. The molecule has 28 heavy (non-hydrogen) atoms. The molecule has 2 amide bonds. The lowest BCUT2D eigenvalue weighted by Crippen LogP contribution is -2.46. The van der Waals surface area contributed by atoms with Crippen LogP contribution in [-0.4, -0.2) is 55.5 Å². The van der Waals surface area contributed by atoms with Gasteiger partial charge in [-0.3, -0.25) is 14.5 Å². The third-order valence-corrected chi connectivity index (χ3v) is 5.67. The Labute approximate surface area is 170 Å². The first kappa shape index (κ1) is 22.4. The second kappa shape index (κ2) is 9.05.